The van der Waals surface area contributed by atoms with Crippen molar-refractivity contribution < 1.29 is 24.2 Å². The van der Waals surface area contributed by atoms with Crippen molar-refractivity contribution in [3.8, 4) is 11.1 Å². The highest BCUT2D eigenvalue weighted by atomic mass is 32.2. The lowest BCUT2D eigenvalue weighted by molar-refractivity contribution is -0.136. The average molecular weight is 496 g/mol. The Hall–Kier alpha value is -3.37. The molecule has 3 aromatic rings. The van der Waals surface area contributed by atoms with Crippen molar-refractivity contribution in [2.24, 2.45) is 0 Å². The molecule has 0 spiro atoms. The number of aliphatic carboxylic acids is 1. The number of carbonyl (C=O) groups is 3. The van der Waals surface area contributed by atoms with Crippen molar-refractivity contribution >= 4 is 46.2 Å². The molecule has 2 N–H and O–H groups in total. The summed E-state index contributed by atoms with van der Waals surface area (Å²) in [4.78, 5) is 42.4. The number of ether oxygens (including phenoxy) is 1. The van der Waals surface area contributed by atoms with E-state index >= 15 is 0 Å². The van der Waals surface area contributed by atoms with Gasteiger partial charge in [-0.2, -0.15) is 0 Å². The maximum Gasteiger partial charge on any atom is 0.413 e. The van der Waals surface area contributed by atoms with Crippen molar-refractivity contribution in [1.82, 2.24) is 9.88 Å². The minimum atomic E-state index is -0.926. The lowest BCUT2D eigenvalue weighted by atomic mass is 9.98. The predicted molar refractivity (Wildman–Crippen MR) is 131 cm³/mol. The average Bonchev–Trinajstić information content (AvgIpc) is 3.45. The Morgan fingerprint density at radius 2 is 1.76 bits per heavy atom. The van der Waals surface area contributed by atoms with Crippen LogP contribution in [0.4, 0.5) is 9.93 Å². The standard InChI is InChI=1S/C24H21N3O5S2/c28-21(27-9-10-33-20(12-27)22(29)30)19-11-25-23(34-19)26-24(31)32-13-18-16-7-3-1-5-14(16)15-6-2-4-8-17(15)18/h1-8,11,18,20H,9-10,12-13H2,(H,29,30)(H,25,26,31). The Kier molecular flexibility index (Phi) is 6.25. The second kappa shape index (κ2) is 9.47. The lowest BCUT2D eigenvalue weighted by Gasteiger charge is -2.29. The first-order valence-electron chi connectivity index (χ1n) is 10.7. The number of amides is 2. The van der Waals surface area contributed by atoms with E-state index in [9.17, 15) is 19.5 Å². The zero-order valence-electron chi connectivity index (χ0n) is 18.0. The molecule has 0 saturated carbocycles. The molecule has 2 heterocycles. The number of hydrogen-bond acceptors (Lipinski definition) is 7. The van der Waals surface area contributed by atoms with E-state index in [0.29, 0.717) is 17.2 Å². The van der Waals surface area contributed by atoms with Crippen LogP contribution in [0.15, 0.2) is 54.7 Å². The van der Waals surface area contributed by atoms with Gasteiger partial charge in [-0.1, -0.05) is 59.9 Å². The van der Waals surface area contributed by atoms with Crippen LogP contribution >= 0.6 is 23.1 Å². The smallest absolute Gasteiger partial charge is 0.413 e. The van der Waals surface area contributed by atoms with Crippen molar-refractivity contribution in [3.05, 3.63) is 70.7 Å². The molecule has 34 heavy (non-hydrogen) atoms. The number of carboxylic acid groups (broad SMARTS) is 1. The number of carboxylic acids is 1. The third-order valence-corrected chi connectivity index (χ3v) is 7.97. The minimum absolute atomic E-state index is 0.0502. The summed E-state index contributed by atoms with van der Waals surface area (Å²) < 4.78 is 5.52. The summed E-state index contributed by atoms with van der Waals surface area (Å²) >= 11 is 2.37. The fraction of sp³-hybridized carbons (Fsp3) is 0.250. The third kappa shape index (κ3) is 4.38. The first-order valence-corrected chi connectivity index (χ1v) is 12.6. The van der Waals surface area contributed by atoms with Gasteiger partial charge in [0.25, 0.3) is 5.91 Å². The van der Waals surface area contributed by atoms with Gasteiger partial charge in [0.1, 0.15) is 16.7 Å². The molecule has 1 aliphatic heterocycles. The Labute approximate surface area is 204 Å². The number of hydrogen-bond donors (Lipinski definition) is 2. The van der Waals surface area contributed by atoms with Gasteiger partial charge < -0.3 is 14.7 Å². The summed E-state index contributed by atoms with van der Waals surface area (Å²) in [7, 11) is 0. The summed E-state index contributed by atoms with van der Waals surface area (Å²) in [5.41, 5.74) is 4.55. The molecule has 2 aliphatic rings. The molecule has 1 fully saturated rings. The van der Waals surface area contributed by atoms with Gasteiger partial charge in [-0.15, -0.1) is 11.8 Å². The largest absolute Gasteiger partial charge is 0.480 e. The molecule has 5 rings (SSSR count). The molecular weight excluding hydrogens is 474 g/mol. The van der Waals surface area contributed by atoms with Crippen LogP contribution in [0.5, 0.6) is 0 Å². The van der Waals surface area contributed by atoms with Crippen LogP contribution in [0.1, 0.15) is 26.7 Å². The van der Waals surface area contributed by atoms with Crippen LogP contribution < -0.4 is 5.32 Å². The fourth-order valence-corrected chi connectivity index (χ4v) is 6.10. The lowest BCUT2D eigenvalue weighted by Crippen LogP contribution is -2.44. The summed E-state index contributed by atoms with van der Waals surface area (Å²) in [5, 5.41) is 11.4. The van der Waals surface area contributed by atoms with E-state index in [2.05, 4.69) is 22.4 Å². The Bertz CT molecular complexity index is 1220. The normalized spacial score (nSPS) is 17.1. The van der Waals surface area contributed by atoms with E-state index in [0.717, 1.165) is 33.6 Å². The maximum atomic E-state index is 12.8. The molecule has 2 aromatic carbocycles. The molecule has 1 aliphatic carbocycles. The number of thiazole rings is 1. The highest BCUT2D eigenvalue weighted by molar-refractivity contribution is 8.00. The molecule has 1 saturated heterocycles. The van der Waals surface area contributed by atoms with Gasteiger partial charge >= 0.3 is 12.1 Å². The van der Waals surface area contributed by atoms with Crippen molar-refractivity contribution in [2.75, 3.05) is 30.8 Å². The van der Waals surface area contributed by atoms with Crippen molar-refractivity contribution in [1.29, 1.82) is 0 Å². The molecule has 174 valence electrons. The first kappa shape index (κ1) is 22.4. The number of fused-ring (bicyclic) bond motifs is 3. The Balaban J connectivity index is 1.20. The van der Waals surface area contributed by atoms with Crippen LogP contribution in [-0.4, -0.2) is 63.7 Å². The van der Waals surface area contributed by atoms with E-state index in [1.54, 1.807) is 0 Å². The number of nitrogens with zero attached hydrogens (tertiary/aromatic N) is 2. The van der Waals surface area contributed by atoms with Crippen molar-refractivity contribution in [2.45, 2.75) is 11.2 Å². The van der Waals surface area contributed by atoms with Gasteiger partial charge in [-0.05, 0) is 22.3 Å². The van der Waals surface area contributed by atoms with Crippen LogP contribution in [0.3, 0.4) is 0 Å². The Morgan fingerprint density at radius 3 is 2.44 bits per heavy atom. The zero-order chi connectivity index (χ0) is 23.7. The number of aromatic nitrogens is 1. The highest BCUT2D eigenvalue weighted by Crippen LogP contribution is 2.44. The van der Waals surface area contributed by atoms with E-state index < -0.39 is 17.3 Å². The summed E-state index contributed by atoms with van der Waals surface area (Å²) in [6, 6.07) is 16.2. The minimum Gasteiger partial charge on any atom is -0.480 e. The second-order valence-electron chi connectivity index (χ2n) is 7.93. The molecule has 10 heteroatoms. The fourth-order valence-electron chi connectivity index (χ4n) is 4.29. The SMILES string of the molecule is O=C(Nc1ncc(C(=O)N2CCSC(C(=O)O)C2)s1)OCC1c2ccccc2-c2ccccc21. The second-order valence-corrected chi connectivity index (χ2v) is 10.3. The van der Waals surface area contributed by atoms with Crippen LogP contribution in [0, 0.1) is 0 Å². The van der Waals surface area contributed by atoms with Crippen molar-refractivity contribution in [3.63, 3.8) is 0 Å². The van der Waals surface area contributed by atoms with Crippen LogP contribution in [-0.2, 0) is 9.53 Å². The molecule has 8 nitrogen and oxygen atoms in total. The highest BCUT2D eigenvalue weighted by Gasteiger charge is 2.31. The zero-order valence-corrected chi connectivity index (χ0v) is 19.6. The van der Waals surface area contributed by atoms with Gasteiger partial charge in [-0.25, -0.2) is 9.78 Å². The first-order chi connectivity index (χ1) is 16.5. The maximum absolute atomic E-state index is 12.8. The Morgan fingerprint density at radius 1 is 1.09 bits per heavy atom. The molecule has 0 radical (unpaired) electrons. The monoisotopic (exact) mass is 495 g/mol. The molecular formula is C24H21N3O5S2. The number of thioether (sulfide) groups is 1. The summed E-state index contributed by atoms with van der Waals surface area (Å²) in [6.07, 6.45) is 0.749. The quantitative estimate of drug-likeness (QED) is 0.547. The van der Waals surface area contributed by atoms with E-state index in [1.165, 1.54) is 22.9 Å². The summed E-state index contributed by atoms with van der Waals surface area (Å²) in [6.45, 7) is 0.797. The van der Waals surface area contributed by atoms with Crippen LogP contribution in [0.25, 0.3) is 11.1 Å². The number of anilines is 1. The summed E-state index contributed by atoms with van der Waals surface area (Å²) in [5.74, 6) is -0.702. The predicted octanol–water partition coefficient (Wildman–Crippen LogP) is 4.15. The van der Waals surface area contributed by atoms with E-state index in [4.69, 9.17) is 4.74 Å². The number of carbonyl (C=O) groups excluding carboxylic acids is 2. The van der Waals surface area contributed by atoms with Gasteiger partial charge in [0, 0.05) is 24.8 Å². The molecule has 1 atom stereocenters. The van der Waals surface area contributed by atoms with Gasteiger partial charge in [-0.3, -0.25) is 14.9 Å². The number of nitrogens with one attached hydrogen (secondary N) is 1. The topological polar surface area (TPSA) is 109 Å². The van der Waals surface area contributed by atoms with Gasteiger partial charge in [0.05, 0.1) is 6.20 Å². The molecule has 0 bridgehead atoms. The molecule has 2 amide bonds. The van der Waals surface area contributed by atoms with Gasteiger partial charge in [0.15, 0.2) is 5.13 Å². The van der Waals surface area contributed by atoms with E-state index in [-0.39, 0.29) is 30.1 Å². The molecule has 1 unspecified atom stereocenters. The third-order valence-electron chi connectivity index (χ3n) is 5.90. The van der Waals surface area contributed by atoms with E-state index in [1.807, 2.05) is 36.4 Å². The van der Waals surface area contributed by atoms with Gasteiger partial charge in [0.2, 0.25) is 0 Å². The molecule has 1 aromatic heterocycles. The number of benzene rings is 2. The van der Waals surface area contributed by atoms with Crippen LogP contribution in [0.2, 0.25) is 0 Å². The number of rotatable bonds is 5.